The van der Waals surface area contributed by atoms with Crippen LogP contribution in [0.1, 0.15) is 19.8 Å². The van der Waals surface area contributed by atoms with E-state index in [9.17, 15) is 0 Å². The van der Waals surface area contributed by atoms with E-state index < -0.39 is 0 Å². The number of hydrogen-bond acceptors (Lipinski definition) is 3. The van der Waals surface area contributed by atoms with Crippen molar-refractivity contribution in [1.29, 1.82) is 0 Å². The summed E-state index contributed by atoms with van der Waals surface area (Å²) in [6.45, 7) is 7.10. The number of nitrogens with zero attached hydrogens (tertiary/aromatic N) is 1. The Morgan fingerprint density at radius 3 is 2.93 bits per heavy atom. The van der Waals surface area contributed by atoms with E-state index in [1.165, 1.54) is 6.42 Å². The van der Waals surface area contributed by atoms with Crippen molar-refractivity contribution in [2.75, 3.05) is 32.8 Å². The van der Waals surface area contributed by atoms with Gasteiger partial charge in [0, 0.05) is 25.6 Å². The van der Waals surface area contributed by atoms with E-state index in [4.69, 9.17) is 4.74 Å². The summed E-state index contributed by atoms with van der Waals surface area (Å²) in [6, 6.07) is 0.982. The minimum Gasteiger partial charge on any atom is -0.379 e. The minimum atomic E-state index is 0.378. The molecule has 0 aromatic rings. The molecule has 0 unspecified atom stereocenters. The average Bonchev–Trinajstić information content (AvgIpc) is 2.75. The van der Waals surface area contributed by atoms with Gasteiger partial charge in [-0.15, -0.1) is 5.92 Å². The lowest BCUT2D eigenvalue weighted by molar-refractivity contribution is 0.0173. The Bertz CT molecular complexity index is 250. The van der Waals surface area contributed by atoms with Crippen molar-refractivity contribution in [3.05, 3.63) is 0 Å². The van der Waals surface area contributed by atoms with Crippen LogP contribution in [0.3, 0.4) is 0 Å². The number of hydrogen-bond donors (Lipinski definition) is 1. The molecule has 3 heteroatoms. The Morgan fingerprint density at radius 2 is 2.20 bits per heavy atom. The first-order chi connectivity index (χ1) is 7.42. The number of ether oxygens (including phenoxy) is 1. The summed E-state index contributed by atoms with van der Waals surface area (Å²) in [5.41, 5.74) is 0. The van der Waals surface area contributed by atoms with Crippen LogP contribution >= 0.6 is 0 Å². The third-order valence-corrected chi connectivity index (χ3v) is 3.14. The second-order valence-corrected chi connectivity index (χ2v) is 4.11. The molecule has 2 heterocycles. The molecule has 2 atom stereocenters. The summed E-state index contributed by atoms with van der Waals surface area (Å²) >= 11 is 0. The van der Waals surface area contributed by atoms with Crippen molar-refractivity contribution in [3.63, 3.8) is 0 Å². The van der Waals surface area contributed by atoms with E-state index in [1.807, 2.05) is 0 Å². The second kappa shape index (κ2) is 5.50. The van der Waals surface area contributed by atoms with Gasteiger partial charge in [-0.05, 0) is 13.0 Å². The summed E-state index contributed by atoms with van der Waals surface area (Å²) in [5, 5.41) is 3.48. The second-order valence-electron chi connectivity index (χ2n) is 4.11. The first kappa shape index (κ1) is 10.9. The van der Waals surface area contributed by atoms with Gasteiger partial charge >= 0.3 is 0 Å². The lowest BCUT2D eigenvalue weighted by atomic mass is 10.1. The molecule has 3 nitrogen and oxygen atoms in total. The van der Waals surface area contributed by atoms with Crippen LogP contribution in [-0.2, 0) is 4.74 Å². The molecule has 0 aromatic carbocycles. The SMILES string of the molecule is CCC#C[C@H]1NCC[C@@H]1N1CCOCC1. The maximum absolute atomic E-state index is 5.38. The van der Waals surface area contributed by atoms with Crippen LogP contribution in [0.15, 0.2) is 0 Å². The van der Waals surface area contributed by atoms with Crippen LogP contribution in [0.4, 0.5) is 0 Å². The van der Waals surface area contributed by atoms with Gasteiger partial charge in [0.25, 0.3) is 0 Å². The van der Waals surface area contributed by atoms with Crippen molar-refractivity contribution in [2.24, 2.45) is 0 Å². The molecule has 0 aliphatic carbocycles. The highest BCUT2D eigenvalue weighted by molar-refractivity contribution is 5.14. The summed E-state index contributed by atoms with van der Waals surface area (Å²) < 4.78 is 5.38. The monoisotopic (exact) mass is 208 g/mol. The van der Waals surface area contributed by atoms with Crippen molar-refractivity contribution >= 4 is 0 Å². The van der Waals surface area contributed by atoms with Crippen molar-refractivity contribution in [2.45, 2.75) is 31.8 Å². The zero-order valence-corrected chi connectivity index (χ0v) is 9.46. The largest absolute Gasteiger partial charge is 0.379 e. The number of morpholine rings is 1. The molecular weight excluding hydrogens is 188 g/mol. The van der Waals surface area contributed by atoms with Crippen LogP contribution in [0.5, 0.6) is 0 Å². The summed E-state index contributed by atoms with van der Waals surface area (Å²) in [7, 11) is 0. The quantitative estimate of drug-likeness (QED) is 0.634. The van der Waals surface area contributed by atoms with Crippen molar-refractivity contribution in [1.82, 2.24) is 10.2 Å². The number of rotatable bonds is 1. The minimum absolute atomic E-state index is 0.378. The van der Waals surface area contributed by atoms with E-state index in [1.54, 1.807) is 0 Å². The molecule has 1 N–H and O–H groups in total. The highest BCUT2D eigenvalue weighted by Crippen LogP contribution is 2.15. The standard InChI is InChI=1S/C12H20N2O/c1-2-3-4-11-12(5-6-13-11)14-7-9-15-10-8-14/h11-13H,2,5-10H2,1H3/t11-,12+/m1/s1. The topological polar surface area (TPSA) is 24.5 Å². The average molecular weight is 208 g/mol. The van der Waals surface area contributed by atoms with Gasteiger partial charge in [0.2, 0.25) is 0 Å². The molecule has 0 bridgehead atoms. The molecule has 0 saturated carbocycles. The Labute approximate surface area is 92.2 Å². The van der Waals surface area contributed by atoms with Gasteiger partial charge < -0.3 is 10.1 Å². The summed E-state index contributed by atoms with van der Waals surface area (Å²) in [4.78, 5) is 2.53. The van der Waals surface area contributed by atoms with Gasteiger partial charge in [0.05, 0.1) is 19.3 Å². The van der Waals surface area contributed by atoms with Gasteiger partial charge in [0.1, 0.15) is 0 Å². The maximum Gasteiger partial charge on any atom is 0.0847 e. The van der Waals surface area contributed by atoms with Crippen molar-refractivity contribution < 1.29 is 4.74 Å². The third kappa shape index (κ3) is 2.72. The van der Waals surface area contributed by atoms with Crippen LogP contribution < -0.4 is 5.32 Å². The Hall–Kier alpha value is -0.560. The van der Waals surface area contributed by atoms with Gasteiger partial charge in [-0.2, -0.15) is 0 Å². The zero-order valence-electron chi connectivity index (χ0n) is 9.46. The molecule has 2 aliphatic heterocycles. The fourth-order valence-electron chi connectivity index (χ4n) is 2.35. The Morgan fingerprint density at radius 1 is 1.40 bits per heavy atom. The van der Waals surface area contributed by atoms with Gasteiger partial charge in [-0.1, -0.05) is 12.8 Å². The highest BCUT2D eigenvalue weighted by Gasteiger charge is 2.31. The van der Waals surface area contributed by atoms with E-state index in [-0.39, 0.29) is 0 Å². The summed E-state index contributed by atoms with van der Waals surface area (Å²) in [5.74, 6) is 6.52. The maximum atomic E-state index is 5.38. The predicted molar refractivity (Wildman–Crippen MR) is 60.7 cm³/mol. The first-order valence-electron chi connectivity index (χ1n) is 5.95. The van der Waals surface area contributed by atoms with Gasteiger partial charge in [-0.25, -0.2) is 0 Å². The first-order valence-corrected chi connectivity index (χ1v) is 5.95. The lowest BCUT2D eigenvalue weighted by Crippen LogP contribution is -2.48. The molecule has 15 heavy (non-hydrogen) atoms. The Balaban J connectivity index is 1.94. The Kier molecular flexibility index (Phi) is 4.01. The van der Waals surface area contributed by atoms with E-state index in [2.05, 4.69) is 29.0 Å². The van der Waals surface area contributed by atoms with Crippen LogP contribution in [0, 0.1) is 11.8 Å². The smallest absolute Gasteiger partial charge is 0.0847 e. The van der Waals surface area contributed by atoms with Crippen molar-refractivity contribution in [3.8, 4) is 11.8 Å². The third-order valence-electron chi connectivity index (χ3n) is 3.14. The molecule has 2 fully saturated rings. The molecule has 0 radical (unpaired) electrons. The van der Waals surface area contributed by atoms with E-state index in [0.29, 0.717) is 12.1 Å². The molecule has 0 spiro atoms. The van der Waals surface area contributed by atoms with Gasteiger partial charge in [-0.3, -0.25) is 4.90 Å². The normalized spacial score (nSPS) is 32.3. The lowest BCUT2D eigenvalue weighted by Gasteiger charge is -2.33. The fraction of sp³-hybridized carbons (Fsp3) is 0.833. The molecule has 0 amide bonds. The molecule has 0 aromatic heterocycles. The molecular formula is C12H20N2O. The molecule has 2 saturated heterocycles. The fourth-order valence-corrected chi connectivity index (χ4v) is 2.35. The molecule has 2 rings (SSSR count). The molecule has 84 valence electrons. The van der Waals surface area contributed by atoms with Crippen LogP contribution in [0.2, 0.25) is 0 Å². The van der Waals surface area contributed by atoms with E-state index >= 15 is 0 Å². The predicted octanol–water partition coefficient (Wildman–Crippen LogP) is 0.463. The number of nitrogens with one attached hydrogen (secondary N) is 1. The molecule has 2 aliphatic rings. The summed E-state index contributed by atoms with van der Waals surface area (Å²) in [6.07, 6.45) is 2.18. The zero-order chi connectivity index (χ0) is 10.5. The van der Waals surface area contributed by atoms with Crippen LogP contribution in [-0.4, -0.2) is 49.8 Å². The van der Waals surface area contributed by atoms with E-state index in [0.717, 1.165) is 39.3 Å². The van der Waals surface area contributed by atoms with Gasteiger partial charge in [0.15, 0.2) is 0 Å². The van der Waals surface area contributed by atoms with Crippen LogP contribution in [0.25, 0.3) is 0 Å². The highest BCUT2D eigenvalue weighted by atomic mass is 16.5.